The van der Waals surface area contributed by atoms with Crippen LogP contribution in [0.3, 0.4) is 0 Å². The van der Waals surface area contributed by atoms with Crippen molar-refractivity contribution in [2.75, 3.05) is 0 Å². The molecule has 3 heteroatoms. The zero-order valence-corrected chi connectivity index (χ0v) is 12.7. The van der Waals surface area contributed by atoms with E-state index >= 15 is 0 Å². The zero-order chi connectivity index (χ0) is 15.1. The third-order valence-corrected chi connectivity index (χ3v) is 4.49. The number of nitrogens with zero attached hydrogens (tertiary/aromatic N) is 1. The van der Waals surface area contributed by atoms with Crippen LogP contribution in [0.25, 0.3) is 0 Å². The van der Waals surface area contributed by atoms with Crippen molar-refractivity contribution in [2.45, 2.75) is 40.3 Å². The summed E-state index contributed by atoms with van der Waals surface area (Å²) in [7, 11) is 0. The molecule has 0 radical (unpaired) electrons. The van der Waals surface area contributed by atoms with Crippen molar-refractivity contribution in [2.24, 2.45) is 0 Å². The number of benzene rings is 1. The van der Waals surface area contributed by atoms with Crippen LogP contribution in [0.15, 0.2) is 46.7 Å². The van der Waals surface area contributed by atoms with Gasteiger partial charge >= 0.3 is 0 Å². The van der Waals surface area contributed by atoms with Gasteiger partial charge in [-0.2, -0.15) is 0 Å². The predicted molar refractivity (Wildman–Crippen MR) is 81.4 cm³/mol. The Hall–Kier alpha value is -2.16. The second-order valence-corrected chi connectivity index (χ2v) is 5.71. The molecule has 0 fully saturated rings. The van der Waals surface area contributed by atoms with Crippen molar-refractivity contribution in [1.29, 1.82) is 0 Å². The van der Waals surface area contributed by atoms with E-state index < -0.39 is 0 Å². The van der Waals surface area contributed by atoms with Gasteiger partial charge in [-0.25, -0.2) is 0 Å². The Labute approximate surface area is 125 Å². The molecule has 3 nitrogen and oxygen atoms in total. The van der Waals surface area contributed by atoms with Crippen LogP contribution in [0.1, 0.15) is 38.3 Å². The summed E-state index contributed by atoms with van der Waals surface area (Å²) in [4.78, 5) is 27.2. The number of hydrogen-bond donors (Lipinski definition) is 0. The van der Waals surface area contributed by atoms with Crippen molar-refractivity contribution in [3.8, 4) is 0 Å². The molecule has 1 heterocycles. The molecule has 0 saturated heterocycles. The molecule has 21 heavy (non-hydrogen) atoms. The Balaban J connectivity index is 1.99. The van der Waals surface area contributed by atoms with E-state index in [1.54, 1.807) is 13.8 Å². The number of Topliss-reactive ketones (excluding diaryl/α,β-unsaturated/α-hetero) is 2. The van der Waals surface area contributed by atoms with Crippen LogP contribution in [0.5, 0.6) is 0 Å². The molecule has 1 aromatic carbocycles. The Morgan fingerprint density at radius 1 is 0.952 bits per heavy atom. The molecular weight excluding hydrogens is 262 g/mol. The molecule has 2 aliphatic rings. The van der Waals surface area contributed by atoms with Gasteiger partial charge in [-0.15, -0.1) is 0 Å². The van der Waals surface area contributed by atoms with Crippen LogP contribution in [0, 0.1) is 0 Å². The monoisotopic (exact) mass is 281 g/mol. The van der Waals surface area contributed by atoms with Crippen molar-refractivity contribution in [1.82, 2.24) is 4.90 Å². The minimum absolute atomic E-state index is 0.0109. The lowest BCUT2D eigenvalue weighted by atomic mass is 9.87. The predicted octanol–water partition coefficient (Wildman–Crippen LogP) is 3.15. The van der Waals surface area contributed by atoms with Gasteiger partial charge in [0.25, 0.3) is 0 Å². The molecule has 0 unspecified atom stereocenters. The molecule has 0 spiro atoms. The van der Waals surface area contributed by atoms with E-state index in [0.29, 0.717) is 41.9 Å². The Bertz CT molecular complexity index is 685. The Morgan fingerprint density at radius 2 is 1.52 bits per heavy atom. The van der Waals surface area contributed by atoms with E-state index in [4.69, 9.17) is 0 Å². The van der Waals surface area contributed by atoms with Gasteiger partial charge in [0.2, 0.25) is 5.78 Å². The number of fused-ring (bicyclic) bond motifs is 1. The quantitative estimate of drug-likeness (QED) is 0.781. The average molecular weight is 281 g/mol. The van der Waals surface area contributed by atoms with E-state index in [1.807, 2.05) is 24.0 Å². The highest BCUT2D eigenvalue weighted by molar-refractivity contribution is 6.24. The van der Waals surface area contributed by atoms with Gasteiger partial charge < -0.3 is 4.90 Å². The van der Waals surface area contributed by atoms with Crippen molar-refractivity contribution in [3.63, 3.8) is 0 Å². The summed E-state index contributed by atoms with van der Waals surface area (Å²) in [6.07, 6.45) is 0.612. The van der Waals surface area contributed by atoms with Crippen molar-refractivity contribution >= 4 is 11.6 Å². The highest BCUT2D eigenvalue weighted by Crippen LogP contribution is 2.33. The van der Waals surface area contributed by atoms with Gasteiger partial charge in [0.05, 0.1) is 5.70 Å². The first kappa shape index (κ1) is 13.8. The van der Waals surface area contributed by atoms with Gasteiger partial charge in [0, 0.05) is 29.8 Å². The Morgan fingerprint density at radius 3 is 2.05 bits per heavy atom. The van der Waals surface area contributed by atoms with Crippen molar-refractivity contribution < 1.29 is 9.59 Å². The third-order valence-electron chi connectivity index (χ3n) is 4.49. The van der Waals surface area contributed by atoms with Gasteiger partial charge in [-0.3, -0.25) is 9.59 Å². The molecule has 0 N–H and O–H groups in total. The topological polar surface area (TPSA) is 37.4 Å². The third kappa shape index (κ3) is 2.04. The number of allylic oxidation sites excluding steroid dienone is 3. The summed E-state index contributed by atoms with van der Waals surface area (Å²) in [6.45, 7) is 6.89. The van der Waals surface area contributed by atoms with Gasteiger partial charge in [-0.05, 0) is 31.4 Å². The van der Waals surface area contributed by atoms with Crippen LogP contribution >= 0.6 is 0 Å². The van der Waals surface area contributed by atoms with E-state index in [-0.39, 0.29) is 11.6 Å². The summed E-state index contributed by atoms with van der Waals surface area (Å²) < 4.78 is 0. The fourth-order valence-corrected chi connectivity index (χ4v) is 3.29. The molecule has 0 aromatic heterocycles. The summed E-state index contributed by atoms with van der Waals surface area (Å²) in [6, 6.07) is 8.19. The fraction of sp³-hybridized carbons (Fsp3) is 0.333. The molecule has 1 aliphatic carbocycles. The number of hydrogen-bond acceptors (Lipinski definition) is 3. The lowest BCUT2D eigenvalue weighted by Gasteiger charge is -2.27. The molecule has 3 rings (SSSR count). The fourth-order valence-electron chi connectivity index (χ4n) is 3.29. The minimum Gasteiger partial charge on any atom is -0.359 e. The second-order valence-electron chi connectivity index (χ2n) is 5.71. The SMILES string of the molecule is CCC1=C(C)C(=O)C(N2Cc3ccccc3C2)=C(C)C1=O. The molecule has 0 amide bonds. The van der Waals surface area contributed by atoms with E-state index in [2.05, 4.69) is 12.1 Å². The first-order chi connectivity index (χ1) is 10.0. The summed E-state index contributed by atoms with van der Waals surface area (Å²) in [5.41, 5.74) is 4.93. The minimum atomic E-state index is 0.0109. The maximum Gasteiger partial charge on any atom is 0.205 e. The first-order valence-electron chi connectivity index (χ1n) is 7.36. The van der Waals surface area contributed by atoms with Gasteiger partial charge in [0.15, 0.2) is 5.78 Å². The van der Waals surface area contributed by atoms with E-state index in [0.717, 1.165) is 0 Å². The maximum atomic E-state index is 12.7. The van der Waals surface area contributed by atoms with Gasteiger partial charge in [0.1, 0.15) is 0 Å². The number of ketones is 2. The lowest BCUT2D eigenvalue weighted by Crippen LogP contribution is -2.31. The Kier molecular flexibility index (Phi) is 3.28. The van der Waals surface area contributed by atoms with Crippen LogP contribution in [0.4, 0.5) is 0 Å². The van der Waals surface area contributed by atoms with E-state index in [9.17, 15) is 9.59 Å². The molecule has 0 bridgehead atoms. The van der Waals surface area contributed by atoms with Crippen LogP contribution in [-0.2, 0) is 22.7 Å². The number of carbonyl (C=O) groups is 2. The number of rotatable bonds is 2. The molecule has 0 saturated carbocycles. The molecule has 1 aliphatic heterocycles. The van der Waals surface area contributed by atoms with Gasteiger partial charge in [-0.1, -0.05) is 31.2 Å². The second kappa shape index (κ2) is 4.99. The zero-order valence-electron chi connectivity index (χ0n) is 12.7. The lowest BCUT2D eigenvalue weighted by molar-refractivity contribution is -0.117. The van der Waals surface area contributed by atoms with Crippen LogP contribution in [-0.4, -0.2) is 16.5 Å². The van der Waals surface area contributed by atoms with Crippen LogP contribution in [0.2, 0.25) is 0 Å². The standard InChI is InChI=1S/C18H19NO2/c1-4-15-11(2)18(21)16(12(3)17(15)20)19-9-13-7-5-6-8-14(13)10-19/h5-8H,4,9-10H2,1-3H3. The van der Waals surface area contributed by atoms with E-state index in [1.165, 1.54) is 11.1 Å². The first-order valence-corrected chi connectivity index (χ1v) is 7.36. The largest absolute Gasteiger partial charge is 0.359 e. The summed E-state index contributed by atoms with van der Waals surface area (Å²) in [5, 5.41) is 0. The molecule has 108 valence electrons. The maximum absolute atomic E-state index is 12.7. The highest BCUT2D eigenvalue weighted by Gasteiger charge is 2.34. The number of carbonyl (C=O) groups excluding carboxylic acids is 2. The normalized spacial score (nSPS) is 18.7. The summed E-state index contributed by atoms with van der Waals surface area (Å²) in [5.74, 6) is 0.0392. The average Bonchev–Trinajstić information content (AvgIpc) is 2.89. The highest BCUT2D eigenvalue weighted by atomic mass is 16.1. The summed E-state index contributed by atoms with van der Waals surface area (Å²) >= 11 is 0. The molecule has 1 aromatic rings. The van der Waals surface area contributed by atoms with Crippen LogP contribution < -0.4 is 0 Å². The molecular formula is C18H19NO2. The molecule has 0 atom stereocenters. The smallest absolute Gasteiger partial charge is 0.205 e. The van der Waals surface area contributed by atoms with Crippen molar-refractivity contribution in [3.05, 3.63) is 57.8 Å².